The van der Waals surface area contributed by atoms with Gasteiger partial charge in [-0.05, 0) is 23.8 Å². The van der Waals surface area contributed by atoms with E-state index in [-0.39, 0.29) is 11.5 Å². The Hall–Kier alpha value is -3.46. The summed E-state index contributed by atoms with van der Waals surface area (Å²) < 4.78 is 10.5. The van der Waals surface area contributed by atoms with Crippen LogP contribution in [0.4, 0.5) is 5.69 Å². The van der Waals surface area contributed by atoms with E-state index in [0.29, 0.717) is 22.9 Å². The zero-order valence-electron chi connectivity index (χ0n) is 14.2. The van der Waals surface area contributed by atoms with Gasteiger partial charge >= 0.3 is 0 Å². The molecular formula is C17H17N5O4. The molecule has 0 aliphatic carbocycles. The number of nitrogens with zero attached hydrogens (tertiary/aromatic N) is 3. The lowest BCUT2D eigenvalue weighted by atomic mass is 10.1. The summed E-state index contributed by atoms with van der Waals surface area (Å²) in [4.78, 5) is 14.9. The number of hydrogen-bond donors (Lipinski definition) is 2. The second kappa shape index (κ2) is 7.19. The Morgan fingerprint density at radius 2 is 2.00 bits per heavy atom. The van der Waals surface area contributed by atoms with Gasteiger partial charge in [0.15, 0.2) is 5.82 Å². The monoisotopic (exact) mass is 355 g/mol. The van der Waals surface area contributed by atoms with Crippen molar-refractivity contribution in [2.24, 2.45) is 5.73 Å². The first kappa shape index (κ1) is 17.4. The van der Waals surface area contributed by atoms with Gasteiger partial charge in [0.1, 0.15) is 17.3 Å². The standard InChI is InChI=1S/C17H17N5O4/c1-25-12-5-3-4-10(8-12)15(18)17-19-16(20-21-17)13-9-11(22(23)24)6-7-14(13)26-2/h3-9,15H,18H2,1-2H3,(H,19,20,21). The number of H-pyrrole nitrogens is 1. The summed E-state index contributed by atoms with van der Waals surface area (Å²) >= 11 is 0. The third-order valence-corrected chi connectivity index (χ3v) is 3.88. The number of benzene rings is 2. The second-order valence-electron chi connectivity index (χ2n) is 5.44. The van der Waals surface area contributed by atoms with Crippen LogP contribution in [0.5, 0.6) is 11.5 Å². The van der Waals surface area contributed by atoms with Crippen molar-refractivity contribution < 1.29 is 14.4 Å². The van der Waals surface area contributed by atoms with Gasteiger partial charge in [-0.3, -0.25) is 15.2 Å². The highest BCUT2D eigenvalue weighted by molar-refractivity contribution is 5.67. The molecule has 3 aromatic rings. The maximum Gasteiger partial charge on any atom is 0.270 e. The minimum atomic E-state index is -0.559. The SMILES string of the molecule is COc1cccc(C(N)c2nc(-c3cc([N+](=O)[O-])ccc3OC)n[nH]2)c1. The Morgan fingerprint density at radius 3 is 2.69 bits per heavy atom. The van der Waals surface area contributed by atoms with E-state index in [4.69, 9.17) is 15.2 Å². The van der Waals surface area contributed by atoms with Gasteiger partial charge in [0, 0.05) is 12.1 Å². The molecule has 26 heavy (non-hydrogen) atoms. The summed E-state index contributed by atoms with van der Waals surface area (Å²) in [6.07, 6.45) is 0. The van der Waals surface area contributed by atoms with Crippen LogP contribution >= 0.6 is 0 Å². The van der Waals surface area contributed by atoms with E-state index in [1.807, 2.05) is 18.2 Å². The first-order chi connectivity index (χ1) is 12.5. The van der Waals surface area contributed by atoms with Crippen LogP contribution in [0.3, 0.4) is 0 Å². The van der Waals surface area contributed by atoms with Gasteiger partial charge in [-0.2, -0.15) is 5.10 Å². The molecule has 0 fully saturated rings. The molecule has 1 unspecified atom stereocenters. The number of non-ortho nitro benzene ring substituents is 1. The molecule has 0 saturated heterocycles. The van der Waals surface area contributed by atoms with Gasteiger partial charge in [-0.15, -0.1) is 0 Å². The van der Waals surface area contributed by atoms with Crippen molar-refractivity contribution >= 4 is 5.69 Å². The smallest absolute Gasteiger partial charge is 0.270 e. The van der Waals surface area contributed by atoms with Crippen molar-refractivity contribution in [3.05, 3.63) is 64.0 Å². The minimum absolute atomic E-state index is 0.0794. The van der Waals surface area contributed by atoms with Gasteiger partial charge in [0.2, 0.25) is 0 Å². The van der Waals surface area contributed by atoms with Crippen LogP contribution in [0, 0.1) is 10.1 Å². The van der Waals surface area contributed by atoms with Crippen LogP contribution in [-0.4, -0.2) is 34.3 Å². The van der Waals surface area contributed by atoms with Crippen molar-refractivity contribution in [2.45, 2.75) is 6.04 Å². The van der Waals surface area contributed by atoms with Crippen LogP contribution in [0.1, 0.15) is 17.4 Å². The largest absolute Gasteiger partial charge is 0.497 e. The predicted octanol–water partition coefficient (Wildman–Crippen LogP) is 2.45. The zero-order valence-corrected chi connectivity index (χ0v) is 14.2. The summed E-state index contributed by atoms with van der Waals surface area (Å²) in [5.74, 6) is 1.79. The third-order valence-electron chi connectivity index (χ3n) is 3.88. The molecule has 9 heteroatoms. The van der Waals surface area contributed by atoms with Crippen LogP contribution < -0.4 is 15.2 Å². The Kier molecular flexibility index (Phi) is 4.81. The zero-order chi connectivity index (χ0) is 18.7. The number of hydrogen-bond acceptors (Lipinski definition) is 7. The molecule has 0 aliphatic heterocycles. The van der Waals surface area contributed by atoms with Crippen LogP contribution in [0.25, 0.3) is 11.4 Å². The number of aromatic nitrogens is 3. The highest BCUT2D eigenvalue weighted by Crippen LogP contribution is 2.32. The van der Waals surface area contributed by atoms with Crippen molar-refractivity contribution in [1.29, 1.82) is 0 Å². The topological polar surface area (TPSA) is 129 Å². The van der Waals surface area contributed by atoms with E-state index in [1.165, 1.54) is 25.3 Å². The molecule has 3 N–H and O–H groups in total. The number of ether oxygens (including phenoxy) is 2. The second-order valence-corrected chi connectivity index (χ2v) is 5.44. The van der Waals surface area contributed by atoms with Gasteiger partial charge in [0.05, 0.1) is 30.7 Å². The highest BCUT2D eigenvalue weighted by Gasteiger charge is 2.19. The predicted molar refractivity (Wildman–Crippen MR) is 94.0 cm³/mol. The molecule has 0 amide bonds. The van der Waals surface area contributed by atoms with E-state index in [9.17, 15) is 10.1 Å². The number of nitro benzene ring substituents is 1. The molecule has 0 radical (unpaired) electrons. The van der Waals surface area contributed by atoms with E-state index >= 15 is 0 Å². The number of rotatable bonds is 6. The van der Waals surface area contributed by atoms with Crippen molar-refractivity contribution in [3.63, 3.8) is 0 Å². The van der Waals surface area contributed by atoms with Crippen LogP contribution in [0.15, 0.2) is 42.5 Å². The Bertz CT molecular complexity index is 940. The number of aromatic amines is 1. The average molecular weight is 355 g/mol. The van der Waals surface area contributed by atoms with Gasteiger partial charge in [0.25, 0.3) is 5.69 Å². The molecular weight excluding hydrogens is 338 g/mol. The molecule has 1 aromatic heterocycles. The molecule has 0 bridgehead atoms. The lowest BCUT2D eigenvalue weighted by Crippen LogP contribution is -2.13. The minimum Gasteiger partial charge on any atom is -0.497 e. The first-order valence-corrected chi connectivity index (χ1v) is 7.68. The fourth-order valence-corrected chi connectivity index (χ4v) is 2.51. The highest BCUT2D eigenvalue weighted by atomic mass is 16.6. The van der Waals surface area contributed by atoms with Crippen molar-refractivity contribution in [2.75, 3.05) is 14.2 Å². The van der Waals surface area contributed by atoms with E-state index in [0.717, 1.165) is 5.56 Å². The van der Waals surface area contributed by atoms with E-state index < -0.39 is 11.0 Å². The first-order valence-electron chi connectivity index (χ1n) is 7.68. The molecule has 9 nitrogen and oxygen atoms in total. The lowest BCUT2D eigenvalue weighted by Gasteiger charge is -2.10. The number of nitrogens with one attached hydrogen (secondary N) is 1. The molecule has 2 aromatic carbocycles. The molecule has 0 saturated carbocycles. The van der Waals surface area contributed by atoms with E-state index in [2.05, 4.69) is 15.2 Å². The number of nitro groups is 1. The summed E-state index contributed by atoms with van der Waals surface area (Å²) in [7, 11) is 3.05. The summed E-state index contributed by atoms with van der Waals surface area (Å²) in [5.41, 5.74) is 7.37. The number of methoxy groups -OCH3 is 2. The maximum atomic E-state index is 11.0. The van der Waals surface area contributed by atoms with E-state index in [1.54, 1.807) is 13.2 Å². The van der Waals surface area contributed by atoms with Gasteiger partial charge < -0.3 is 15.2 Å². The lowest BCUT2D eigenvalue weighted by molar-refractivity contribution is -0.384. The molecule has 1 atom stereocenters. The molecule has 3 rings (SSSR count). The maximum absolute atomic E-state index is 11.0. The van der Waals surface area contributed by atoms with Gasteiger partial charge in [-0.1, -0.05) is 12.1 Å². The molecule has 134 valence electrons. The summed E-state index contributed by atoms with van der Waals surface area (Å²) in [6, 6.07) is 11.0. The van der Waals surface area contributed by atoms with Crippen LogP contribution in [-0.2, 0) is 0 Å². The van der Waals surface area contributed by atoms with Crippen LogP contribution in [0.2, 0.25) is 0 Å². The molecule has 0 aliphatic rings. The Morgan fingerprint density at radius 1 is 1.19 bits per heavy atom. The quantitative estimate of drug-likeness (QED) is 0.513. The Labute approximate surface area is 148 Å². The Balaban J connectivity index is 1.97. The molecule has 0 spiro atoms. The fraction of sp³-hybridized carbons (Fsp3) is 0.176. The van der Waals surface area contributed by atoms with Gasteiger partial charge in [-0.25, -0.2) is 4.98 Å². The van der Waals surface area contributed by atoms with Crippen molar-refractivity contribution in [1.82, 2.24) is 15.2 Å². The summed E-state index contributed by atoms with van der Waals surface area (Å²) in [6.45, 7) is 0. The average Bonchev–Trinajstić information content (AvgIpc) is 3.16. The third kappa shape index (κ3) is 3.33. The summed E-state index contributed by atoms with van der Waals surface area (Å²) in [5, 5.41) is 17.9. The fourth-order valence-electron chi connectivity index (χ4n) is 2.51. The van der Waals surface area contributed by atoms with Crippen molar-refractivity contribution in [3.8, 4) is 22.9 Å². The number of nitrogens with two attached hydrogens (primary N) is 1. The normalized spacial score (nSPS) is 11.8. The molecule has 1 heterocycles.